The Morgan fingerprint density at radius 1 is 1.24 bits per heavy atom. The van der Waals surface area contributed by atoms with Gasteiger partial charge in [0.2, 0.25) is 5.91 Å². The van der Waals surface area contributed by atoms with Crippen molar-refractivity contribution in [1.82, 2.24) is 0 Å². The molecule has 0 bridgehead atoms. The Morgan fingerprint density at radius 2 is 2.05 bits per heavy atom. The number of nitrogens with two attached hydrogens (primary N) is 1. The summed E-state index contributed by atoms with van der Waals surface area (Å²) in [6.45, 7) is 0. The zero-order chi connectivity index (χ0) is 15.0. The van der Waals surface area contributed by atoms with Crippen molar-refractivity contribution < 1.29 is 4.79 Å². The second-order valence-electron chi connectivity index (χ2n) is 5.07. The number of hydrogen-bond donors (Lipinski definition) is 2. The maximum atomic E-state index is 11.6. The van der Waals surface area contributed by atoms with Crippen LogP contribution in [0.5, 0.6) is 0 Å². The first-order valence-electron chi connectivity index (χ1n) is 6.67. The van der Waals surface area contributed by atoms with Crippen molar-refractivity contribution in [3.8, 4) is 0 Å². The van der Waals surface area contributed by atoms with Gasteiger partial charge in [0.25, 0.3) is 0 Å². The van der Waals surface area contributed by atoms with E-state index >= 15 is 0 Å². The molecule has 1 aliphatic heterocycles. The standard InChI is InChI=1S/C15H14Br2N2OS/c16-10-7-12(21-15(10)17)14(18)9-4-5-11-8(6-9)2-1-3-13(20)19-11/h4-7,14H,1-3,18H2,(H,19,20). The van der Waals surface area contributed by atoms with Crippen LogP contribution in [-0.2, 0) is 11.2 Å². The minimum atomic E-state index is -0.151. The fourth-order valence-electron chi connectivity index (χ4n) is 2.47. The van der Waals surface area contributed by atoms with Crippen LogP contribution < -0.4 is 11.1 Å². The lowest BCUT2D eigenvalue weighted by molar-refractivity contribution is -0.116. The van der Waals surface area contributed by atoms with E-state index in [-0.39, 0.29) is 11.9 Å². The van der Waals surface area contributed by atoms with Gasteiger partial charge in [-0.05, 0) is 68.0 Å². The third-order valence-corrected chi connectivity index (χ3v) is 6.92. The van der Waals surface area contributed by atoms with Crippen molar-refractivity contribution in [1.29, 1.82) is 0 Å². The highest BCUT2D eigenvalue weighted by molar-refractivity contribution is 9.13. The van der Waals surface area contributed by atoms with Crippen LogP contribution in [0.1, 0.15) is 34.9 Å². The molecular weight excluding hydrogens is 416 g/mol. The van der Waals surface area contributed by atoms with E-state index in [1.165, 1.54) is 5.56 Å². The fourth-order valence-corrected chi connectivity index (χ4v) is 4.59. The fraction of sp³-hybridized carbons (Fsp3) is 0.267. The van der Waals surface area contributed by atoms with E-state index in [4.69, 9.17) is 5.73 Å². The number of nitrogens with one attached hydrogen (secondary N) is 1. The van der Waals surface area contributed by atoms with Gasteiger partial charge in [0.15, 0.2) is 0 Å². The summed E-state index contributed by atoms with van der Waals surface area (Å²) >= 11 is 8.63. The molecule has 1 aromatic carbocycles. The van der Waals surface area contributed by atoms with Gasteiger partial charge in [0, 0.05) is 21.5 Å². The lowest BCUT2D eigenvalue weighted by Gasteiger charge is -2.14. The van der Waals surface area contributed by atoms with Crippen molar-refractivity contribution in [2.45, 2.75) is 25.3 Å². The molecule has 110 valence electrons. The quantitative estimate of drug-likeness (QED) is 0.732. The van der Waals surface area contributed by atoms with Crippen LogP contribution in [0.25, 0.3) is 0 Å². The molecule has 1 aromatic heterocycles. The van der Waals surface area contributed by atoms with E-state index in [9.17, 15) is 4.79 Å². The molecule has 0 saturated carbocycles. The molecule has 0 spiro atoms. The van der Waals surface area contributed by atoms with Crippen LogP contribution >= 0.6 is 43.2 Å². The number of aryl methyl sites for hydroxylation is 1. The van der Waals surface area contributed by atoms with E-state index in [0.29, 0.717) is 6.42 Å². The third-order valence-electron chi connectivity index (χ3n) is 3.58. The lowest BCUT2D eigenvalue weighted by atomic mass is 10.00. The molecule has 21 heavy (non-hydrogen) atoms. The van der Waals surface area contributed by atoms with Crippen LogP contribution in [0.4, 0.5) is 5.69 Å². The van der Waals surface area contributed by atoms with Gasteiger partial charge < -0.3 is 11.1 Å². The molecule has 6 heteroatoms. The van der Waals surface area contributed by atoms with Crippen molar-refractivity contribution in [2.75, 3.05) is 5.32 Å². The molecule has 0 saturated heterocycles. The van der Waals surface area contributed by atoms with E-state index in [2.05, 4.69) is 43.2 Å². The minimum Gasteiger partial charge on any atom is -0.326 e. The molecule has 1 unspecified atom stereocenters. The van der Waals surface area contributed by atoms with Crippen molar-refractivity contribution in [3.05, 3.63) is 48.5 Å². The maximum absolute atomic E-state index is 11.6. The average Bonchev–Trinajstić information content (AvgIpc) is 2.68. The number of anilines is 1. The van der Waals surface area contributed by atoms with Crippen molar-refractivity contribution in [3.63, 3.8) is 0 Å². The van der Waals surface area contributed by atoms with Crippen LogP contribution in [-0.4, -0.2) is 5.91 Å². The van der Waals surface area contributed by atoms with Crippen LogP contribution in [0.2, 0.25) is 0 Å². The predicted octanol–water partition coefficient (Wildman–Crippen LogP) is 4.60. The van der Waals surface area contributed by atoms with Gasteiger partial charge in [-0.1, -0.05) is 12.1 Å². The molecule has 0 radical (unpaired) electrons. The normalized spacial score (nSPS) is 16.0. The summed E-state index contributed by atoms with van der Waals surface area (Å²) in [7, 11) is 0. The molecule has 3 nitrogen and oxygen atoms in total. The summed E-state index contributed by atoms with van der Waals surface area (Å²) in [4.78, 5) is 12.7. The number of rotatable bonds is 2. The van der Waals surface area contributed by atoms with E-state index in [0.717, 1.165) is 37.2 Å². The number of carbonyl (C=O) groups excluding carboxylic acids is 1. The molecule has 1 aliphatic rings. The van der Waals surface area contributed by atoms with Crippen LogP contribution in [0.3, 0.4) is 0 Å². The molecular formula is C15H14Br2N2OS. The first-order chi connectivity index (χ1) is 10.0. The highest BCUT2D eigenvalue weighted by Crippen LogP contribution is 2.37. The van der Waals surface area contributed by atoms with Gasteiger partial charge in [-0.2, -0.15) is 0 Å². The molecule has 0 aliphatic carbocycles. The number of benzene rings is 1. The van der Waals surface area contributed by atoms with Gasteiger partial charge in [-0.3, -0.25) is 4.79 Å². The first kappa shape index (κ1) is 15.2. The van der Waals surface area contributed by atoms with Crippen LogP contribution in [0.15, 0.2) is 32.5 Å². The summed E-state index contributed by atoms with van der Waals surface area (Å²) in [6, 6.07) is 7.98. The second kappa shape index (κ2) is 6.20. The van der Waals surface area contributed by atoms with Gasteiger partial charge in [-0.25, -0.2) is 0 Å². The summed E-state index contributed by atoms with van der Waals surface area (Å²) in [5.41, 5.74) is 9.54. The first-order valence-corrected chi connectivity index (χ1v) is 9.08. The molecule has 1 amide bonds. The third kappa shape index (κ3) is 3.23. The number of carbonyl (C=O) groups is 1. The van der Waals surface area contributed by atoms with Gasteiger partial charge in [-0.15, -0.1) is 11.3 Å². The Bertz CT molecular complexity index is 679. The Kier molecular flexibility index (Phi) is 4.49. The topological polar surface area (TPSA) is 55.1 Å². The number of thiophene rings is 1. The van der Waals surface area contributed by atoms with Crippen LogP contribution in [0, 0.1) is 0 Å². The van der Waals surface area contributed by atoms with Gasteiger partial charge in [0.05, 0.1) is 9.83 Å². The van der Waals surface area contributed by atoms with Gasteiger partial charge in [0.1, 0.15) is 0 Å². The zero-order valence-electron chi connectivity index (χ0n) is 11.2. The monoisotopic (exact) mass is 428 g/mol. The molecule has 3 rings (SSSR count). The molecule has 0 fully saturated rings. The Balaban J connectivity index is 1.92. The molecule has 2 heterocycles. The maximum Gasteiger partial charge on any atom is 0.224 e. The second-order valence-corrected chi connectivity index (χ2v) is 8.32. The minimum absolute atomic E-state index is 0.0944. The number of amides is 1. The number of halogens is 2. The number of fused-ring (bicyclic) bond motifs is 1. The Hall–Kier alpha value is -0.690. The van der Waals surface area contributed by atoms with Gasteiger partial charge >= 0.3 is 0 Å². The Labute approximate surface area is 144 Å². The highest BCUT2D eigenvalue weighted by atomic mass is 79.9. The zero-order valence-corrected chi connectivity index (χ0v) is 15.1. The summed E-state index contributed by atoms with van der Waals surface area (Å²) in [6.07, 6.45) is 2.38. The van der Waals surface area contributed by atoms with Crippen molar-refractivity contribution in [2.24, 2.45) is 5.73 Å². The molecule has 1 atom stereocenters. The summed E-state index contributed by atoms with van der Waals surface area (Å²) in [5.74, 6) is 0.0944. The largest absolute Gasteiger partial charge is 0.326 e. The average molecular weight is 430 g/mol. The van der Waals surface area contributed by atoms with Crippen molar-refractivity contribution >= 4 is 54.8 Å². The lowest BCUT2D eigenvalue weighted by Crippen LogP contribution is -2.12. The van der Waals surface area contributed by atoms with E-state index in [1.54, 1.807) is 11.3 Å². The summed E-state index contributed by atoms with van der Waals surface area (Å²) in [5, 5.41) is 2.95. The smallest absolute Gasteiger partial charge is 0.224 e. The van der Waals surface area contributed by atoms with E-state index in [1.807, 2.05) is 18.2 Å². The summed E-state index contributed by atoms with van der Waals surface area (Å²) < 4.78 is 2.08. The van der Waals surface area contributed by atoms with E-state index < -0.39 is 0 Å². The Morgan fingerprint density at radius 3 is 2.76 bits per heavy atom. The molecule has 2 aromatic rings. The molecule has 3 N–H and O–H groups in total. The SMILES string of the molecule is NC(c1ccc2c(c1)CCCC(=O)N2)c1cc(Br)c(Br)s1. The highest BCUT2D eigenvalue weighted by Gasteiger charge is 2.17. The number of hydrogen-bond acceptors (Lipinski definition) is 3. The predicted molar refractivity (Wildman–Crippen MR) is 93.8 cm³/mol.